The van der Waals surface area contributed by atoms with Gasteiger partial charge in [-0.15, -0.1) is 11.3 Å². The maximum absolute atomic E-state index is 12.6. The second-order valence-corrected chi connectivity index (χ2v) is 8.09. The molecule has 0 atom stereocenters. The third-order valence-electron chi connectivity index (χ3n) is 3.81. The van der Waals surface area contributed by atoms with Gasteiger partial charge in [0.2, 0.25) is 5.91 Å². The summed E-state index contributed by atoms with van der Waals surface area (Å²) in [4.78, 5) is 15.9. The van der Waals surface area contributed by atoms with Crippen LogP contribution in [0.25, 0.3) is 11.3 Å². The number of rotatable bonds is 4. The van der Waals surface area contributed by atoms with Crippen LogP contribution in [0.2, 0.25) is 0 Å². The van der Waals surface area contributed by atoms with Crippen LogP contribution in [0.3, 0.4) is 0 Å². The smallest absolute Gasteiger partial charge is 0.263 e. The van der Waals surface area contributed by atoms with E-state index < -0.39 is 10.0 Å². The molecule has 2 heterocycles. The third kappa shape index (κ3) is 3.13. The Balaban J connectivity index is 1.59. The molecule has 1 aliphatic rings. The van der Waals surface area contributed by atoms with Crippen molar-refractivity contribution in [1.29, 1.82) is 0 Å². The van der Waals surface area contributed by atoms with Gasteiger partial charge in [0, 0.05) is 16.6 Å². The van der Waals surface area contributed by atoms with Crippen LogP contribution in [-0.2, 0) is 21.2 Å². The quantitative estimate of drug-likeness (QED) is 0.738. The number of anilines is 2. The summed E-state index contributed by atoms with van der Waals surface area (Å²) in [5.74, 6) is -0.134. The summed E-state index contributed by atoms with van der Waals surface area (Å²) in [5, 5.41) is 4.79. The number of amides is 1. The van der Waals surface area contributed by atoms with Crippen LogP contribution >= 0.6 is 11.3 Å². The first-order valence-corrected chi connectivity index (χ1v) is 9.84. The topological polar surface area (TPSA) is 88.2 Å². The molecule has 1 aliphatic heterocycles. The van der Waals surface area contributed by atoms with Crippen LogP contribution < -0.4 is 10.0 Å². The second kappa shape index (κ2) is 5.98. The Morgan fingerprint density at radius 3 is 2.72 bits per heavy atom. The Kier molecular flexibility index (Phi) is 3.78. The number of carbonyl (C=O) groups excluding carboxylic acids is 1. The van der Waals surface area contributed by atoms with E-state index in [-0.39, 0.29) is 17.2 Å². The monoisotopic (exact) mass is 371 g/mol. The van der Waals surface area contributed by atoms with Crippen molar-refractivity contribution < 1.29 is 13.2 Å². The number of benzene rings is 2. The van der Waals surface area contributed by atoms with Crippen molar-refractivity contribution in [3.8, 4) is 11.3 Å². The molecule has 126 valence electrons. The largest absolute Gasteiger partial charge is 0.326 e. The fourth-order valence-corrected chi connectivity index (χ4v) is 4.63. The van der Waals surface area contributed by atoms with Crippen molar-refractivity contribution in [2.45, 2.75) is 11.3 Å². The lowest BCUT2D eigenvalue weighted by Crippen LogP contribution is -2.13. The minimum absolute atomic E-state index is 0.110. The Labute approximate surface area is 148 Å². The van der Waals surface area contributed by atoms with E-state index >= 15 is 0 Å². The molecule has 0 radical (unpaired) electrons. The molecule has 0 saturated carbocycles. The fraction of sp³-hybridized carbons (Fsp3) is 0.0588. The average molecular weight is 371 g/mol. The van der Waals surface area contributed by atoms with Crippen LogP contribution in [-0.4, -0.2) is 19.3 Å². The highest BCUT2D eigenvalue weighted by atomic mass is 32.2. The average Bonchev–Trinajstić information content (AvgIpc) is 3.20. The lowest BCUT2D eigenvalue weighted by atomic mass is 10.2. The Morgan fingerprint density at radius 2 is 1.92 bits per heavy atom. The van der Waals surface area contributed by atoms with E-state index in [1.807, 2.05) is 30.3 Å². The van der Waals surface area contributed by atoms with E-state index in [2.05, 4.69) is 15.0 Å². The number of fused-ring (bicyclic) bond motifs is 1. The second-order valence-electron chi connectivity index (χ2n) is 5.55. The zero-order valence-corrected chi connectivity index (χ0v) is 14.5. The number of hydrogen-bond acceptors (Lipinski definition) is 5. The number of carbonyl (C=O) groups is 1. The fourth-order valence-electron chi connectivity index (χ4n) is 2.61. The molecule has 2 N–H and O–H groups in total. The maximum Gasteiger partial charge on any atom is 0.263 e. The van der Waals surface area contributed by atoms with Crippen molar-refractivity contribution in [3.63, 3.8) is 0 Å². The molecule has 0 unspecified atom stereocenters. The van der Waals surface area contributed by atoms with E-state index in [4.69, 9.17) is 0 Å². The van der Waals surface area contributed by atoms with Gasteiger partial charge in [-0.25, -0.2) is 13.4 Å². The van der Waals surface area contributed by atoms with Crippen molar-refractivity contribution in [1.82, 2.24) is 4.98 Å². The van der Waals surface area contributed by atoms with Crippen molar-refractivity contribution in [2.24, 2.45) is 0 Å². The van der Waals surface area contributed by atoms with Crippen LogP contribution in [0.5, 0.6) is 0 Å². The standard InChI is InChI=1S/C17H13N3O3S2/c21-16-9-12-8-13(6-7-14(12)18-16)25(22,23)20-17-19-15(10-24-17)11-4-2-1-3-5-11/h1-8,10H,9H2,(H,18,21)(H,19,20). The lowest BCUT2D eigenvalue weighted by Gasteiger charge is -2.07. The van der Waals surface area contributed by atoms with Gasteiger partial charge >= 0.3 is 0 Å². The van der Waals surface area contributed by atoms with Gasteiger partial charge in [-0.2, -0.15) is 0 Å². The summed E-state index contributed by atoms with van der Waals surface area (Å²) < 4.78 is 27.7. The summed E-state index contributed by atoms with van der Waals surface area (Å²) in [6.45, 7) is 0. The van der Waals surface area contributed by atoms with Crippen LogP contribution in [0.4, 0.5) is 10.8 Å². The SMILES string of the molecule is O=C1Cc2cc(S(=O)(=O)Nc3nc(-c4ccccc4)cs3)ccc2N1. The maximum atomic E-state index is 12.6. The molecule has 6 nitrogen and oxygen atoms in total. The van der Waals surface area contributed by atoms with Crippen molar-refractivity contribution in [2.75, 3.05) is 10.0 Å². The van der Waals surface area contributed by atoms with Crippen molar-refractivity contribution >= 4 is 38.1 Å². The zero-order valence-electron chi connectivity index (χ0n) is 12.9. The first kappa shape index (κ1) is 15.8. The number of nitrogens with one attached hydrogen (secondary N) is 2. The summed E-state index contributed by atoms with van der Waals surface area (Å²) in [6.07, 6.45) is 0.189. The van der Waals surface area contributed by atoms with Crippen LogP contribution in [0.1, 0.15) is 5.56 Å². The van der Waals surface area contributed by atoms with Gasteiger partial charge in [-0.05, 0) is 23.8 Å². The van der Waals surface area contributed by atoms with Gasteiger partial charge in [0.25, 0.3) is 10.0 Å². The Morgan fingerprint density at radius 1 is 1.12 bits per heavy atom. The van der Waals surface area contributed by atoms with Crippen molar-refractivity contribution in [3.05, 3.63) is 59.5 Å². The summed E-state index contributed by atoms with van der Waals surface area (Å²) >= 11 is 1.22. The molecule has 2 aromatic carbocycles. The summed E-state index contributed by atoms with van der Waals surface area (Å²) in [6, 6.07) is 14.1. The molecule has 0 spiro atoms. The van der Waals surface area contributed by atoms with Gasteiger partial charge in [-0.3, -0.25) is 9.52 Å². The minimum atomic E-state index is -3.76. The molecule has 4 rings (SSSR count). The number of sulfonamides is 1. The molecular formula is C17H13N3O3S2. The van der Waals surface area contributed by atoms with Gasteiger partial charge in [-0.1, -0.05) is 30.3 Å². The molecule has 1 amide bonds. The van der Waals surface area contributed by atoms with Gasteiger partial charge in [0.15, 0.2) is 5.13 Å². The highest BCUT2D eigenvalue weighted by Gasteiger charge is 2.22. The Hall–Kier alpha value is -2.71. The normalized spacial score (nSPS) is 13.4. The molecule has 8 heteroatoms. The molecule has 0 saturated heterocycles. The summed E-state index contributed by atoms with van der Waals surface area (Å²) in [5.41, 5.74) is 2.97. The van der Waals surface area contributed by atoms with Crippen LogP contribution in [0.15, 0.2) is 58.8 Å². The van der Waals surface area contributed by atoms with E-state index in [0.717, 1.165) is 5.56 Å². The first-order chi connectivity index (χ1) is 12.0. The molecule has 0 bridgehead atoms. The predicted octanol–water partition coefficient (Wildman–Crippen LogP) is 3.11. The third-order valence-corrected chi connectivity index (χ3v) is 6.03. The van der Waals surface area contributed by atoms with Gasteiger partial charge in [0.05, 0.1) is 17.0 Å². The zero-order chi connectivity index (χ0) is 17.4. The minimum Gasteiger partial charge on any atom is -0.326 e. The number of hydrogen-bond donors (Lipinski definition) is 2. The van der Waals surface area contributed by atoms with Crippen LogP contribution in [0, 0.1) is 0 Å². The molecule has 25 heavy (non-hydrogen) atoms. The predicted molar refractivity (Wildman–Crippen MR) is 97.1 cm³/mol. The van der Waals surface area contributed by atoms with E-state index in [1.54, 1.807) is 11.4 Å². The molecule has 1 aromatic heterocycles. The number of nitrogens with zero attached hydrogens (tertiary/aromatic N) is 1. The highest BCUT2D eigenvalue weighted by Crippen LogP contribution is 2.29. The van der Waals surface area contributed by atoms with E-state index in [0.29, 0.717) is 22.1 Å². The number of aromatic nitrogens is 1. The first-order valence-electron chi connectivity index (χ1n) is 7.48. The molecular weight excluding hydrogens is 358 g/mol. The number of thiazole rings is 1. The molecule has 0 fully saturated rings. The van der Waals surface area contributed by atoms with Gasteiger partial charge in [0.1, 0.15) is 0 Å². The summed E-state index contributed by atoms with van der Waals surface area (Å²) in [7, 11) is -3.76. The van der Waals surface area contributed by atoms with Gasteiger partial charge < -0.3 is 5.32 Å². The highest BCUT2D eigenvalue weighted by molar-refractivity contribution is 7.93. The van der Waals surface area contributed by atoms with E-state index in [1.165, 1.54) is 23.5 Å². The molecule has 0 aliphatic carbocycles. The molecule has 3 aromatic rings. The van der Waals surface area contributed by atoms with E-state index in [9.17, 15) is 13.2 Å². The lowest BCUT2D eigenvalue weighted by molar-refractivity contribution is -0.115. The Bertz CT molecular complexity index is 1060.